The van der Waals surface area contributed by atoms with E-state index in [2.05, 4.69) is 20.6 Å². The van der Waals surface area contributed by atoms with Gasteiger partial charge in [-0.1, -0.05) is 6.07 Å². The summed E-state index contributed by atoms with van der Waals surface area (Å²) in [5.74, 6) is 2.89. The number of methoxy groups -OCH3 is 2. The molecule has 2 N–H and O–H groups in total. The molecule has 0 atom stereocenters. The lowest BCUT2D eigenvalue weighted by molar-refractivity contribution is 0.321. The number of hydrogen-bond donors (Lipinski definition) is 2. The quantitative estimate of drug-likeness (QED) is 0.432. The van der Waals surface area contributed by atoms with Gasteiger partial charge in [-0.15, -0.1) is 0 Å². The zero-order chi connectivity index (χ0) is 17.9. The number of guanidine groups is 1. The van der Waals surface area contributed by atoms with Crippen molar-refractivity contribution in [2.24, 2.45) is 4.99 Å². The van der Waals surface area contributed by atoms with Crippen LogP contribution in [0.5, 0.6) is 17.4 Å². The van der Waals surface area contributed by atoms with Gasteiger partial charge in [-0.3, -0.25) is 4.99 Å². The van der Waals surface area contributed by atoms with Crippen molar-refractivity contribution in [1.82, 2.24) is 15.6 Å². The average molecular weight is 344 g/mol. The van der Waals surface area contributed by atoms with Crippen molar-refractivity contribution in [2.75, 3.05) is 34.4 Å². The number of hydrogen-bond acceptors (Lipinski definition) is 5. The van der Waals surface area contributed by atoms with Crippen LogP contribution in [-0.4, -0.2) is 45.4 Å². The minimum Gasteiger partial charge on any atom is -0.497 e. The molecule has 2 aromatic rings. The molecule has 1 heterocycles. The number of nitrogens with zero attached hydrogens (tertiary/aromatic N) is 2. The van der Waals surface area contributed by atoms with E-state index in [0.29, 0.717) is 31.5 Å². The number of aliphatic imine (C=N–C) groups is 1. The zero-order valence-corrected chi connectivity index (χ0v) is 14.8. The van der Waals surface area contributed by atoms with E-state index in [1.807, 2.05) is 36.4 Å². The van der Waals surface area contributed by atoms with Crippen molar-refractivity contribution in [1.29, 1.82) is 0 Å². The molecule has 0 amide bonds. The van der Waals surface area contributed by atoms with Crippen LogP contribution in [0.2, 0.25) is 0 Å². The first kappa shape index (κ1) is 18.4. The highest BCUT2D eigenvalue weighted by Crippen LogP contribution is 2.16. The summed E-state index contributed by atoms with van der Waals surface area (Å²) in [6.45, 7) is 1.70. The molecule has 0 aliphatic heterocycles. The number of nitrogens with one attached hydrogen (secondary N) is 2. The molecule has 134 valence electrons. The zero-order valence-electron chi connectivity index (χ0n) is 14.8. The Morgan fingerprint density at radius 3 is 2.48 bits per heavy atom. The molecule has 25 heavy (non-hydrogen) atoms. The number of pyridine rings is 1. The topological polar surface area (TPSA) is 77.0 Å². The second-order valence-electron chi connectivity index (χ2n) is 5.05. The fourth-order valence-electron chi connectivity index (χ4n) is 2.15. The largest absolute Gasteiger partial charge is 0.497 e. The molecule has 7 nitrogen and oxygen atoms in total. The van der Waals surface area contributed by atoms with E-state index >= 15 is 0 Å². The lowest BCUT2D eigenvalue weighted by atomic mass is 10.3. The van der Waals surface area contributed by atoms with Crippen LogP contribution in [0.15, 0.2) is 47.6 Å². The predicted octanol–water partition coefficient (Wildman–Crippen LogP) is 1.84. The van der Waals surface area contributed by atoms with E-state index in [9.17, 15) is 0 Å². The van der Waals surface area contributed by atoms with Crippen molar-refractivity contribution < 1.29 is 14.2 Å². The third kappa shape index (κ3) is 5.87. The van der Waals surface area contributed by atoms with Crippen molar-refractivity contribution >= 4 is 5.96 Å². The van der Waals surface area contributed by atoms with E-state index in [1.54, 1.807) is 27.5 Å². The van der Waals surface area contributed by atoms with Gasteiger partial charge >= 0.3 is 0 Å². The monoisotopic (exact) mass is 344 g/mol. The lowest BCUT2D eigenvalue weighted by Gasteiger charge is -2.13. The van der Waals surface area contributed by atoms with Gasteiger partial charge in [-0.05, 0) is 30.3 Å². The second kappa shape index (κ2) is 10.0. The van der Waals surface area contributed by atoms with Crippen LogP contribution in [0.3, 0.4) is 0 Å². The second-order valence-corrected chi connectivity index (χ2v) is 5.05. The maximum Gasteiger partial charge on any atom is 0.218 e. The minimum absolute atomic E-state index is 0.517. The van der Waals surface area contributed by atoms with Gasteiger partial charge in [0.1, 0.15) is 18.1 Å². The summed E-state index contributed by atoms with van der Waals surface area (Å²) in [7, 11) is 4.97. The third-order valence-corrected chi connectivity index (χ3v) is 3.44. The molecule has 0 radical (unpaired) electrons. The summed E-state index contributed by atoms with van der Waals surface area (Å²) in [6.07, 6.45) is 1.70. The summed E-state index contributed by atoms with van der Waals surface area (Å²) in [5.41, 5.74) is 0.961. The van der Waals surface area contributed by atoms with Crippen LogP contribution in [0.4, 0.5) is 0 Å². The third-order valence-electron chi connectivity index (χ3n) is 3.44. The first-order valence-electron chi connectivity index (χ1n) is 7.96. The van der Waals surface area contributed by atoms with Crippen molar-refractivity contribution in [3.63, 3.8) is 0 Å². The number of aromatic nitrogens is 1. The van der Waals surface area contributed by atoms with Crippen LogP contribution in [0.25, 0.3) is 0 Å². The van der Waals surface area contributed by atoms with Crippen LogP contribution in [-0.2, 0) is 6.54 Å². The van der Waals surface area contributed by atoms with Crippen molar-refractivity contribution in [2.45, 2.75) is 6.54 Å². The van der Waals surface area contributed by atoms with E-state index in [1.165, 1.54) is 0 Å². The molecular formula is C18H24N4O3. The maximum absolute atomic E-state index is 5.67. The molecule has 7 heteroatoms. The summed E-state index contributed by atoms with van der Waals surface area (Å²) >= 11 is 0. The van der Waals surface area contributed by atoms with Crippen molar-refractivity contribution in [3.8, 4) is 17.4 Å². The fourth-order valence-corrected chi connectivity index (χ4v) is 2.15. The Morgan fingerprint density at radius 1 is 1.04 bits per heavy atom. The van der Waals surface area contributed by atoms with Gasteiger partial charge in [0.15, 0.2) is 5.96 Å². The Balaban J connectivity index is 1.73. The molecule has 1 aromatic heterocycles. The number of benzene rings is 1. The Kier molecular flexibility index (Phi) is 7.37. The summed E-state index contributed by atoms with van der Waals surface area (Å²) in [4.78, 5) is 8.36. The first-order valence-corrected chi connectivity index (χ1v) is 7.96. The number of rotatable bonds is 8. The smallest absolute Gasteiger partial charge is 0.218 e. The normalized spacial score (nSPS) is 10.9. The van der Waals surface area contributed by atoms with E-state index in [4.69, 9.17) is 14.2 Å². The molecule has 0 bridgehead atoms. The SMILES string of the molecule is CN=C(NCCOc1ccc(OC)cc1)NCc1cccnc1OC. The highest BCUT2D eigenvalue weighted by molar-refractivity contribution is 5.79. The summed E-state index contributed by atoms with van der Waals surface area (Å²) < 4.78 is 16.0. The molecule has 0 spiro atoms. The standard InChI is InChI=1S/C18H24N4O3/c1-19-18(22-13-14-5-4-10-20-17(14)24-3)21-11-12-25-16-8-6-15(23-2)7-9-16/h4-10H,11-13H2,1-3H3,(H2,19,21,22). The van der Waals surface area contributed by atoms with Gasteiger partial charge in [-0.2, -0.15) is 0 Å². The van der Waals surface area contributed by atoms with E-state index < -0.39 is 0 Å². The number of ether oxygens (including phenoxy) is 3. The van der Waals surface area contributed by atoms with Gasteiger partial charge in [0.05, 0.1) is 20.8 Å². The highest BCUT2D eigenvalue weighted by atomic mass is 16.5. The summed E-state index contributed by atoms with van der Waals surface area (Å²) in [6, 6.07) is 11.3. The van der Waals surface area contributed by atoms with Crippen LogP contribution in [0.1, 0.15) is 5.56 Å². The minimum atomic E-state index is 0.517. The molecule has 0 fully saturated rings. The molecule has 0 saturated carbocycles. The van der Waals surface area contributed by atoms with Crippen LogP contribution < -0.4 is 24.8 Å². The molecule has 0 saturated heterocycles. The van der Waals surface area contributed by atoms with Gasteiger partial charge in [0.25, 0.3) is 0 Å². The Labute approximate surface area is 148 Å². The Morgan fingerprint density at radius 2 is 1.80 bits per heavy atom. The van der Waals surface area contributed by atoms with Gasteiger partial charge in [0, 0.05) is 25.4 Å². The molecule has 1 aromatic carbocycles. The van der Waals surface area contributed by atoms with Gasteiger partial charge < -0.3 is 24.8 Å². The van der Waals surface area contributed by atoms with E-state index in [-0.39, 0.29) is 0 Å². The lowest BCUT2D eigenvalue weighted by Crippen LogP contribution is -2.38. The van der Waals surface area contributed by atoms with Gasteiger partial charge in [-0.25, -0.2) is 4.98 Å². The van der Waals surface area contributed by atoms with Crippen LogP contribution in [0, 0.1) is 0 Å². The molecule has 0 aliphatic carbocycles. The highest BCUT2D eigenvalue weighted by Gasteiger charge is 2.04. The average Bonchev–Trinajstić information content (AvgIpc) is 2.68. The molecule has 0 aliphatic rings. The Hall–Kier alpha value is -2.96. The molecule has 0 unspecified atom stereocenters. The van der Waals surface area contributed by atoms with Crippen LogP contribution >= 0.6 is 0 Å². The molecular weight excluding hydrogens is 320 g/mol. The Bertz CT molecular complexity index is 674. The predicted molar refractivity (Wildman–Crippen MR) is 97.5 cm³/mol. The van der Waals surface area contributed by atoms with Crippen molar-refractivity contribution in [3.05, 3.63) is 48.2 Å². The fraction of sp³-hybridized carbons (Fsp3) is 0.333. The molecule has 2 rings (SSSR count). The summed E-state index contributed by atoms with van der Waals surface area (Å²) in [5, 5.41) is 6.42. The maximum atomic E-state index is 5.67. The van der Waals surface area contributed by atoms with Gasteiger partial charge in [0.2, 0.25) is 5.88 Å². The van der Waals surface area contributed by atoms with E-state index in [0.717, 1.165) is 17.1 Å². The first-order chi connectivity index (χ1) is 12.3.